The second-order valence-corrected chi connectivity index (χ2v) is 5.21. The Morgan fingerprint density at radius 2 is 2.29 bits per heavy atom. The standard InChI is InChI=1S/C12H18O2/c1-8-9-4-3-7-14-12(9)6-2-5-10(13)11(8)12/h8-9,11H,2-7H2,1H3/t8-,9+,11-,12+/m1/s1. The summed E-state index contributed by atoms with van der Waals surface area (Å²) in [6.45, 7) is 3.12. The fourth-order valence-corrected chi connectivity index (χ4v) is 4.18. The monoisotopic (exact) mass is 194 g/mol. The molecule has 1 saturated heterocycles. The van der Waals surface area contributed by atoms with Gasteiger partial charge in [0.15, 0.2) is 0 Å². The van der Waals surface area contributed by atoms with Crippen molar-refractivity contribution in [1.82, 2.24) is 0 Å². The minimum Gasteiger partial charge on any atom is -0.374 e. The highest BCUT2D eigenvalue weighted by molar-refractivity contribution is 5.85. The van der Waals surface area contributed by atoms with Crippen LogP contribution in [0, 0.1) is 17.8 Å². The number of ether oxygens (including phenoxy) is 1. The van der Waals surface area contributed by atoms with Gasteiger partial charge in [0.05, 0.1) is 5.60 Å². The van der Waals surface area contributed by atoms with E-state index in [2.05, 4.69) is 6.92 Å². The Bertz CT molecular complexity index is 269. The molecule has 2 saturated carbocycles. The van der Waals surface area contributed by atoms with E-state index in [1.165, 1.54) is 12.8 Å². The van der Waals surface area contributed by atoms with E-state index in [1.807, 2.05) is 0 Å². The molecule has 1 heterocycles. The molecule has 2 heteroatoms. The molecule has 3 rings (SSSR count). The highest BCUT2D eigenvalue weighted by atomic mass is 16.5. The van der Waals surface area contributed by atoms with Crippen LogP contribution in [-0.2, 0) is 9.53 Å². The molecular weight excluding hydrogens is 176 g/mol. The van der Waals surface area contributed by atoms with Gasteiger partial charge in [-0.3, -0.25) is 4.79 Å². The lowest BCUT2D eigenvalue weighted by Gasteiger charge is -2.63. The smallest absolute Gasteiger partial charge is 0.139 e. The Labute approximate surface area is 85.0 Å². The SMILES string of the molecule is C[C@@H]1[C@@H]2CCCO[C@@]23CCCC(=O)[C@@H]13. The lowest BCUT2D eigenvalue weighted by molar-refractivity contribution is -0.254. The zero-order valence-electron chi connectivity index (χ0n) is 8.79. The molecule has 0 amide bonds. The maximum Gasteiger partial charge on any atom is 0.139 e. The van der Waals surface area contributed by atoms with Gasteiger partial charge in [-0.1, -0.05) is 6.92 Å². The van der Waals surface area contributed by atoms with Crippen LogP contribution in [0.3, 0.4) is 0 Å². The van der Waals surface area contributed by atoms with E-state index in [0.29, 0.717) is 17.6 Å². The van der Waals surface area contributed by atoms with Crippen LogP contribution in [0.25, 0.3) is 0 Å². The molecule has 1 aliphatic heterocycles. The average molecular weight is 194 g/mol. The molecule has 1 spiro atoms. The summed E-state index contributed by atoms with van der Waals surface area (Å²) in [5.41, 5.74) is 0.00694. The molecule has 4 atom stereocenters. The molecular formula is C12H18O2. The summed E-state index contributed by atoms with van der Waals surface area (Å²) < 4.78 is 5.99. The number of hydrogen-bond donors (Lipinski definition) is 0. The van der Waals surface area contributed by atoms with Gasteiger partial charge in [-0.15, -0.1) is 0 Å². The van der Waals surface area contributed by atoms with Crippen LogP contribution in [0.15, 0.2) is 0 Å². The van der Waals surface area contributed by atoms with E-state index in [4.69, 9.17) is 4.74 Å². The minimum absolute atomic E-state index is 0.00694. The average Bonchev–Trinajstić information content (AvgIpc) is 2.16. The van der Waals surface area contributed by atoms with Gasteiger partial charge in [0.1, 0.15) is 5.78 Å². The van der Waals surface area contributed by atoms with E-state index in [1.54, 1.807) is 0 Å². The molecule has 0 N–H and O–H groups in total. The zero-order valence-corrected chi connectivity index (χ0v) is 8.79. The van der Waals surface area contributed by atoms with E-state index >= 15 is 0 Å². The van der Waals surface area contributed by atoms with Crippen molar-refractivity contribution >= 4 is 5.78 Å². The van der Waals surface area contributed by atoms with E-state index in [-0.39, 0.29) is 11.5 Å². The van der Waals surface area contributed by atoms with E-state index < -0.39 is 0 Å². The first-order valence-electron chi connectivity index (χ1n) is 5.92. The third kappa shape index (κ3) is 0.881. The van der Waals surface area contributed by atoms with Gasteiger partial charge in [0.25, 0.3) is 0 Å². The van der Waals surface area contributed by atoms with Crippen molar-refractivity contribution in [2.75, 3.05) is 6.61 Å². The predicted octanol–water partition coefficient (Wildman–Crippen LogP) is 2.17. The van der Waals surface area contributed by atoms with Crippen LogP contribution < -0.4 is 0 Å². The molecule has 78 valence electrons. The van der Waals surface area contributed by atoms with Crippen molar-refractivity contribution in [3.8, 4) is 0 Å². The Kier molecular flexibility index (Phi) is 1.79. The molecule has 0 aromatic rings. The largest absolute Gasteiger partial charge is 0.374 e. The molecule has 0 aromatic heterocycles. The summed E-state index contributed by atoms with van der Waals surface area (Å²) in [5, 5.41) is 0. The van der Waals surface area contributed by atoms with Gasteiger partial charge >= 0.3 is 0 Å². The maximum atomic E-state index is 11.8. The molecule has 0 radical (unpaired) electrons. The first-order valence-corrected chi connectivity index (χ1v) is 5.92. The van der Waals surface area contributed by atoms with Crippen molar-refractivity contribution in [1.29, 1.82) is 0 Å². The number of hydrogen-bond acceptors (Lipinski definition) is 2. The van der Waals surface area contributed by atoms with Crippen molar-refractivity contribution in [2.24, 2.45) is 17.8 Å². The number of ketones is 1. The highest BCUT2D eigenvalue weighted by Gasteiger charge is 2.64. The first-order chi connectivity index (χ1) is 6.76. The maximum absolute atomic E-state index is 11.8. The normalized spacial score (nSPS) is 51.8. The van der Waals surface area contributed by atoms with Crippen LogP contribution in [0.4, 0.5) is 0 Å². The van der Waals surface area contributed by atoms with Gasteiger partial charge in [-0.25, -0.2) is 0 Å². The second-order valence-electron chi connectivity index (χ2n) is 5.21. The lowest BCUT2D eigenvalue weighted by atomic mass is 9.47. The van der Waals surface area contributed by atoms with Crippen LogP contribution in [-0.4, -0.2) is 18.0 Å². The summed E-state index contributed by atoms with van der Waals surface area (Å²) >= 11 is 0. The molecule has 3 fully saturated rings. The molecule has 0 unspecified atom stereocenters. The van der Waals surface area contributed by atoms with Crippen molar-refractivity contribution in [2.45, 2.75) is 44.6 Å². The van der Waals surface area contributed by atoms with Crippen LogP contribution in [0.2, 0.25) is 0 Å². The zero-order chi connectivity index (χ0) is 9.76. The Balaban J connectivity index is 1.92. The molecule has 0 aromatic carbocycles. The summed E-state index contributed by atoms with van der Waals surface area (Å²) in [4.78, 5) is 11.8. The molecule has 14 heavy (non-hydrogen) atoms. The van der Waals surface area contributed by atoms with E-state index in [0.717, 1.165) is 25.9 Å². The summed E-state index contributed by atoms with van der Waals surface area (Å²) in [6, 6.07) is 0. The van der Waals surface area contributed by atoms with Crippen LogP contribution in [0.5, 0.6) is 0 Å². The summed E-state index contributed by atoms with van der Waals surface area (Å²) in [6.07, 6.45) is 5.46. The number of Topliss-reactive ketones (excluding diaryl/α,β-unsaturated/α-hetero) is 1. The third-order valence-electron chi connectivity index (χ3n) is 4.68. The second kappa shape index (κ2) is 2.82. The van der Waals surface area contributed by atoms with Gasteiger partial charge in [-0.2, -0.15) is 0 Å². The fraction of sp³-hybridized carbons (Fsp3) is 0.917. The number of rotatable bonds is 0. The predicted molar refractivity (Wildman–Crippen MR) is 52.9 cm³/mol. The molecule has 2 nitrogen and oxygen atoms in total. The fourth-order valence-electron chi connectivity index (χ4n) is 4.18. The van der Waals surface area contributed by atoms with E-state index in [9.17, 15) is 4.79 Å². The highest BCUT2D eigenvalue weighted by Crippen LogP contribution is 2.60. The third-order valence-corrected chi connectivity index (χ3v) is 4.68. The topological polar surface area (TPSA) is 26.3 Å². The number of carbonyl (C=O) groups is 1. The van der Waals surface area contributed by atoms with Crippen molar-refractivity contribution < 1.29 is 9.53 Å². The lowest BCUT2D eigenvalue weighted by Crippen LogP contribution is -2.68. The van der Waals surface area contributed by atoms with Crippen molar-refractivity contribution in [3.05, 3.63) is 0 Å². The number of carbonyl (C=O) groups excluding carboxylic acids is 1. The molecule has 3 aliphatic rings. The summed E-state index contributed by atoms with van der Waals surface area (Å²) in [7, 11) is 0. The van der Waals surface area contributed by atoms with Gasteiger partial charge in [0, 0.05) is 18.9 Å². The molecule has 2 aliphatic carbocycles. The summed E-state index contributed by atoms with van der Waals surface area (Å²) in [5.74, 6) is 2.00. The van der Waals surface area contributed by atoms with Crippen LogP contribution in [0.1, 0.15) is 39.0 Å². The first kappa shape index (κ1) is 8.90. The van der Waals surface area contributed by atoms with Gasteiger partial charge < -0.3 is 4.74 Å². The molecule has 0 bridgehead atoms. The van der Waals surface area contributed by atoms with Gasteiger partial charge in [-0.05, 0) is 37.5 Å². The Hall–Kier alpha value is -0.370. The van der Waals surface area contributed by atoms with Gasteiger partial charge in [0.2, 0.25) is 0 Å². The van der Waals surface area contributed by atoms with Crippen molar-refractivity contribution in [3.63, 3.8) is 0 Å². The Morgan fingerprint density at radius 1 is 1.43 bits per heavy atom. The Morgan fingerprint density at radius 3 is 3.14 bits per heavy atom. The van der Waals surface area contributed by atoms with Crippen LogP contribution >= 0.6 is 0 Å². The minimum atomic E-state index is 0.00694. The quantitative estimate of drug-likeness (QED) is 0.590.